The first-order valence-corrected chi connectivity index (χ1v) is 13.7. The Morgan fingerprint density at radius 1 is 1.10 bits per heavy atom. The molecule has 5 rings (SSSR count). The predicted molar refractivity (Wildman–Crippen MR) is 152 cm³/mol. The third-order valence-corrected chi connectivity index (χ3v) is 7.72. The van der Waals surface area contributed by atoms with Crippen molar-refractivity contribution in [3.05, 3.63) is 101 Å². The topological polar surface area (TPSA) is 76.5 Å². The van der Waals surface area contributed by atoms with E-state index < -0.39 is 5.25 Å². The van der Waals surface area contributed by atoms with Gasteiger partial charge in [-0.2, -0.15) is 5.10 Å². The molecule has 0 aliphatic carbocycles. The van der Waals surface area contributed by atoms with Crippen molar-refractivity contribution in [3.8, 4) is 16.9 Å². The summed E-state index contributed by atoms with van der Waals surface area (Å²) in [6.45, 7) is 2.50. The molecule has 0 fully saturated rings. The number of hydrogen-bond acceptors (Lipinski definition) is 5. The molecule has 1 atom stereocenters. The molecule has 3 aromatic carbocycles. The van der Waals surface area contributed by atoms with E-state index in [4.69, 9.17) is 9.84 Å². The molecule has 1 aromatic heterocycles. The number of aryl methyl sites for hydroxylation is 1. The molecule has 1 unspecified atom stereocenters. The molecule has 2 heterocycles. The van der Waals surface area contributed by atoms with E-state index in [9.17, 15) is 14.0 Å². The maximum absolute atomic E-state index is 14.4. The van der Waals surface area contributed by atoms with Gasteiger partial charge in [0.25, 0.3) is 0 Å². The van der Waals surface area contributed by atoms with Crippen molar-refractivity contribution < 1.29 is 18.7 Å². The first-order chi connectivity index (χ1) is 19.0. The number of carbonyl (C=O) groups excluding carboxylic acids is 2. The summed E-state index contributed by atoms with van der Waals surface area (Å²) in [4.78, 5) is 28.2. The Labute approximate surface area is 231 Å². The summed E-state index contributed by atoms with van der Waals surface area (Å²) in [5.41, 5.74) is 4.80. The van der Waals surface area contributed by atoms with Crippen LogP contribution in [-0.2, 0) is 14.3 Å². The van der Waals surface area contributed by atoms with Crippen molar-refractivity contribution in [1.82, 2.24) is 15.1 Å². The van der Waals surface area contributed by atoms with Gasteiger partial charge in [0.1, 0.15) is 18.2 Å². The van der Waals surface area contributed by atoms with Crippen molar-refractivity contribution in [2.75, 3.05) is 37.5 Å². The van der Waals surface area contributed by atoms with Gasteiger partial charge in [-0.15, -0.1) is 11.8 Å². The van der Waals surface area contributed by atoms with Gasteiger partial charge in [0.05, 0.1) is 29.0 Å². The number of nitrogens with one attached hydrogen (secondary N) is 1. The first-order valence-electron chi connectivity index (χ1n) is 12.6. The van der Waals surface area contributed by atoms with Crippen LogP contribution >= 0.6 is 11.8 Å². The molecule has 0 spiro atoms. The van der Waals surface area contributed by atoms with Gasteiger partial charge in [-0.1, -0.05) is 54.6 Å². The predicted octanol–water partition coefficient (Wildman–Crippen LogP) is 4.92. The third-order valence-electron chi connectivity index (χ3n) is 6.46. The molecular weight excluding hydrogens is 515 g/mol. The molecule has 4 aromatic rings. The highest BCUT2D eigenvalue weighted by Crippen LogP contribution is 2.48. The van der Waals surface area contributed by atoms with Crippen molar-refractivity contribution in [2.24, 2.45) is 0 Å². The lowest BCUT2D eigenvalue weighted by atomic mass is 9.99. The molecule has 1 aliphatic heterocycles. The summed E-state index contributed by atoms with van der Waals surface area (Å²) < 4.78 is 21.2. The van der Waals surface area contributed by atoms with Crippen molar-refractivity contribution in [3.63, 3.8) is 0 Å². The Balaban J connectivity index is 1.76. The van der Waals surface area contributed by atoms with E-state index in [1.54, 1.807) is 17.9 Å². The Kier molecular flexibility index (Phi) is 8.09. The maximum atomic E-state index is 14.4. The second kappa shape index (κ2) is 11.8. The molecule has 200 valence electrons. The average molecular weight is 545 g/mol. The van der Waals surface area contributed by atoms with Crippen LogP contribution in [0.3, 0.4) is 0 Å². The molecule has 7 nitrogen and oxygen atoms in total. The molecule has 39 heavy (non-hydrogen) atoms. The van der Waals surface area contributed by atoms with E-state index in [0.29, 0.717) is 24.7 Å². The molecular formula is C30H29FN4O3S. The van der Waals surface area contributed by atoms with Gasteiger partial charge in [0.2, 0.25) is 11.8 Å². The number of thioether (sulfide) groups is 1. The lowest BCUT2D eigenvalue weighted by Crippen LogP contribution is -2.43. The molecule has 0 saturated carbocycles. The van der Waals surface area contributed by atoms with Crippen LogP contribution in [0.4, 0.5) is 10.2 Å². The summed E-state index contributed by atoms with van der Waals surface area (Å²) >= 11 is 1.41. The number of nitrogens with zero attached hydrogens (tertiary/aromatic N) is 3. The van der Waals surface area contributed by atoms with Crippen LogP contribution in [0.5, 0.6) is 0 Å². The van der Waals surface area contributed by atoms with Gasteiger partial charge >= 0.3 is 0 Å². The molecule has 2 amide bonds. The average Bonchev–Trinajstić information content (AvgIpc) is 3.26. The fraction of sp³-hybridized carbons (Fsp3) is 0.233. The summed E-state index contributed by atoms with van der Waals surface area (Å²) in [7, 11) is 1.56. The zero-order valence-corrected chi connectivity index (χ0v) is 22.6. The number of fused-ring (bicyclic) bond motifs is 1. The number of ether oxygens (including phenoxy) is 1. The molecule has 0 bridgehead atoms. The van der Waals surface area contributed by atoms with E-state index in [-0.39, 0.29) is 29.9 Å². The minimum atomic E-state index is -0.394. The summed E-state index contributed by atoms with van der Waals surface area (Å²) in [5.74, 6) is -0.268. The number of halogens is 1. The summed E-state index contributed by atoms with van der Waals surface area (Å²) in [6, 6.07) is 24.0. The normalized spacial score (nSPS) is 15.1. The van der Waals surface area contributed by atoms with Gasteiger partial charge in [0, 0.05) is 24.8 Å². The maximum Gasteiger partial charge on any atom is 0.240 e. The van der Waals surface area contributed by atoms with E-state index in [1.165, 1.54) is 28.8 Å². The number of anilines is 1. The number of aromatic nitrogens is 2. The van der Waals surface area contributed by atoms with E-state index in [2.05, 4.69) is 5.32 Å². The fourth-order valence-corrected chi connectivity index (χ4v) is 5.88. The van der Waals surface area contributed by atoms with Crippen LogP contribution in [0.2, 0.25) is 0 Å². The van der Waals surface area contributed by atoms with Crippen LogP contribution in [0.25, 0.3) is 16.9 Å². The monoisotopic (exact) mass is 544 g/mol. The van der Waals surface area contributed by atoms with Gasteiger partial charge in [-0.25, -0.2) is 9.07 Å². The standard InChI is InChI=1S/C30H29FN4O3S/c1-20-8-6-13-24(16-20)35-30-27(28(33-35)21-9-4-3-5-10-21)29(22-11-7-12-23(31)17-22)39-19-26(37)34(30)18-25(36)32-14-15-38-2/h3-13,16-17,29H,14-15,18-19H2,1-2H3,(H,32,36). The Morgan fingerprint density at radius 2 is 1.90 bits per heavy atom. The van der Waals surface area contributed by atoms with Crippen LogP contribution in [0, 0.1) is 12.7 Å². The van der Waals surface area contributed by atoms with E-state index >= 15 is 0 Å². The molecule has 1 aliphatic rings. The second-order valence-corrected chi connectivity index (χ2v) is 10.4. The SMILES string of the molecule is COCCNC(=O)CN1C(=O)CSC(c2cccc(F)c2)c2c(-c3ccccc3)nn(-c3cccc(C)c3)c21. The second-order valence-electron chi connectivity index (χ2n) is 9.27. The van der Waals surface area contributed by atoms with Gasteiger partial charge in [-0.05, 0) is 42.3 Å². The highest BCUT2D eigenvalue weighted by atomic mass is 32.2. The fourth-order valence-electron chi connectivity index (χ4n) is 4.69. The minimum Gasteiger partial charge on any atom is -0.383 e. The Hall–Kier alpha value is -3.95. The highest BCUT2D eigenvalue weighted by molar-refractivity contribution is 8.00. The lowest BCUT2D eigenvalue weighted by molar-refractivity contribution is -0.123. The molecule has 0 radical (unpaired) electrons. The number of rotatable bonds is 8. The van der Waals surface area contributed by atoms with E-state index in [0.717, 1.165) is 27.9 Å². The number of amides is 2. The van der Waals surface area contributed by atoms with Gasteiger partial charge in [-0.3, -0.25) is 14.5 Å². The first kappa shape index (κ1) is 26.6. The van der Waals surface area contributed by atoms with E-state index in [1.807, 2.05) is 67.6 Å². The quantitative estimate of drug-likeness (QED) is 0.319. The van der Waals surface area contributed by atoms with Crippen LogP contribution < -0.4 is 10.2 Å². The smallest absolute Gasteiger partial charge is 0.240 e. The number of methoxy groups -OCH3 is 1. The number of carbonyl (C=O) groups is 2. The van der Waals surface area contributed by atoms with Crippen LogP contribution in [0.1, 0.15) is 21.9 Å². The Bertz CT molecular complexity index is 1490. The molecule has 9 heteroatoms. The molecule has 1 N–H and O–H groups in total. The largest absolute Gasteiger partial charge is 0.383 e. The van der Waals surface area contributed by atoms with Crippen LogP contribution in [-0.4, -0.2) is 54.2 Å². The zero-order chi connectivity index (χ0) is 27.4. The number of hydrogen-bond donors (Lipinski definition) is 1. The zero-order valence-electron chi connectivity index (χ0n) is 21.8. The third kappa shape index (κ3) is 5.74. The minimum absolute atomic E-state index is 0.114. The van der Waals surface area contributed by atoms with Crippen molar-refractivity contribution >= 4 is 29.4 Å². The van der Waals surface area contributed by atoms with Crippen LogP contribution in [0.15, 0.2) is 78.9 Å². The molecule has 0 saturated heterocycles. The lowest BCUT2D eigenvalue weighted by Gasteiger charge is -2.23. The number of benzene rings is 3. The van der Waals surface area contributed by atoms with Gasteiger partial charge in [0.15, 0.2) is 0 Å². The highest BCUT2D eigenvalue weighted by Gasteiger charge is 2.37. The Morgan fingerprint density at radius 3 is 2.64 bits per heavy atom. The summed E-state index contributed by atoms with van der Waals surface area (Å²) in [5, 5.41) is 7.47. The van der Waals surface area contributed by atoms with Crippen molar-refractivity contribution in [1.29, 1.82) is 0 Å². The van der Waals surface area contributed by atoms with Gasteiger partial charge < -0.3 is 10.1 Å². The van der Waals surface area contributed by atoms with Crippen molar-refractivity contribution in [2.45, 2.75) is 12.2 Å². The summed E-state index contributed by atoms with van der Waals surface area (Å²) in [6.07, 6.45) is 0.